The van der Waals surface area contributed by atoms with Crippen molar-refractivity contribution in [3.05, 3.63) is 27.4 Å². The van der Waals surface area contributed by atoms with E-state index in [9.17, 15) is 0 Å². The highest BCUT2D eigenvalue weighted by molar-refractivity contribution is 9.10. The molecule has 3 rings (SSSR count). The van der Waals surface area contributed by atoms with Crippen molar-refractivity contribution in [2.75, 3.05) is 0 Å². The molecule has 1 N–H and O–H groups in total. The van der Waals surface area contributed by atoms with Crippen molar-refractivity contribution in [1.82, 2.24) is 9.55 Å². The molecule has 96 valence electrons. The van der Waals surface area contributed by atoms with Gasteiger partial charge in [-0.2, -0.15) is 0 Å². The third-order valence-electron chi connectivity index (χ3n) is 4.88. The number of fused-ring (bicyclic) bond motifs is 1. The molecule has 1 fully saturated rings. The zero-order valence-corrected chi connectivity index (χ0v) is 13.4. The van der Waals surface area contributed by atoms with Crippen LogP contribution in [0.15, 0.2) is 22.7 Å². The standard InChI is InChI=1S/C14H17BrN2S/c1-13(2)11(14(13,3)4)17-10-6-5-8(15)7-9(10)16-12(17)18/h5-7,11H,1-4H3,(H,16,18). The molecule has 0 atom stereocenters. The number of nitrogens with one attached hydrogen (secondary N) is 1. The molecular weight excluding hydrogens is 308 g/mol. The highest BCUT2D eigenvalue weighted by Gasteiger charge is 2.66. The van der Waals surface area contributed by atoms with Crippen molar-refractivity contribution < 1.29 is 0 Å². The van der Waals surface area contributed by atoms with Crippen LogP contribution < -0.4 is 0 Å². The molecule has 0 aliphatic heterocycles. The Labute approximate surface area is 121 Å². The van der Waals surface area contributed by atoms with Gasteiger partial charge in [0.25, 0.3) is 0 Å². The van der Waals surface area contributed by atoms with Crippen LogP contribution in [0.3, 0.4) is 0 Å². The summed E-state index contributed by atoms with van der Waals surface area (Å²) in [6, 6.07) is 6.76. The lowest BCUT2D eigenvalue weighted by Gasteiger charge is -2.06. The zero-order chi connectivity index (χ0) is 13.3. The van der Waals surface area contributed by atoms with E-state index in [-0.39, 0.29) is 10.8 Å². The van der Waals surface area contributed by atoms with Crippen LogP contribution in [0.4, 0.5) is 0 Å². The van der Waals surface area contributed by atoms with Crippen LogP contribution in [0.1, 0.15) is 33.7 Å². The van der Waals surface area contributed by atoms with E-state index >= 15 is 0 Å². The number of halogens is 1. The predicted octanol–water partition coefficient (Wildman–Crippen LogP) is 5.07. The second-order valence-corrected chi connectivity index (χ2v) is 7.61. The van der Waals surface area contributed by atoms with Crippen LogP contribution >= 0.6 is 28.1 Å². The summed E-state index contributed by atoms with van der Waals surface area (Å²) in [6.45, 7) is 9.27. The molecule has 18 heavy (non-hydrogen) atoms. The summed E-state index contributed by atoms with van der Waals surface area (Å²) < 4.78 is 4.19. The Hall–Kier alpha value is -0.610. The maximum atomic E-state index is 5.51. The molecule has 0 radical (unpaired) electrons. The van der Waals surface area contributed by atoms with Crippen molar-refractivity contribution >= 4 is 39.2 Å². The Kier molecular flexibility index (Phi) is 2.40. The fourth-order valence-electron chi connectivity index (χ4n) is 3.17. The first-order valence-corrected chi connectivity index (χ1v) is 7.37. The van der Waals surface area contributed by atoms with Gasteiger partial charge in [-0.25, -0.2) is 0 Å². The maximum absolute atomic E-state index is 5.51. The Balaban J connectivity index is 2.26. The van der Waals surface area contributed by atoms with Crippen LogP contribution in [0.25, 0.3) is 11.0 Å². The molecule has 2 nitrogen and oxygen atoms in total. The fourth-order valence-corrected chi connectivity index (χ4v) is 3.84. The van der Waals surface area contributed by atoms with Gasteiger partial charge in [-0.3, -0.25) is 0 Å². The molecule has 1 aromatic heterocycles. The van der Waals surface area contributed by atoms with Gasteiger partial charge in [-0.15, -0.1) is 0 Å². The SMILES string of the molecule is CC1(C)C(n2c(=S)[nH]c3cc(Br)ccc32)C1(C)C. The number of imidazole rings is 1. The van der Waals surface area contributed by atoms with Crippen LogP contribution in [0.5, 0.6) is 0 Å². The summed E-state index contributed by atoms with van der Waals surface area (Å²) in [5.41, 5.74) is 2.88. The topological polar surface area (TPSA) is 20.7 Å². The van der Waals surface area contributed by atoms with Gasteiger partial charge >= 0.3 is 0 Å². The minimum absolute atomic E-state index is 0.285. The summed E-state index contributed by atoms with van der Waals surface area (Å²) in [5.74, 6) is 0. The smallest absolute Gasteiger partial charge is 0.178 e. The van der Waals surface area contributed by atoms with Crippen molar-refractivity contribution in [3.8, 4) is 0 Å². The first-order valence-electron chi connectivity index (χ1n) is 6.16. The van der Waals surface area contributed by atoms with E-state index < -0.39 is 0 Å². The fraction of sp³-hybridized carbons (Fsp3) is 0.500. The Morgan fingerprint density at radius 3 is 2.39 bits per heavy atom. The van der Waals surface area contributed by atoms with Crippen molar-refractivity contribution in [2.45, 2.75) is 33.7 Å². The van der Waals surface area contributed by atoms with Gasteiger partial charge in [-0.05, 0) is 41.2 Å². The van der Waals surface area contributed by atoms with E-state index in [1.165, 1.54) is 5.52 Å². The van der Waals surface area contributed by atoms with Crippen molar-refractivity contribution in [1.29, 1.82) is 0 Å². The monoisotopic (exact) mass is 324 g/mol. The predicted molar refractivity (Wildman–Crippen MR) is 81.4 cm³/mol. The Morgan fingerprint density at radius 1 is 1.22 bits per heavy atom. The van der Waals surface area contributed by atoms with Crippen LogP contribution in [0, 0.1) is 15.6 Å². The van der Waals surface area contributed by atoms with Crippen molar-refractivity contribution in [2.24, 2.45) is 10.8 Å². The molecule has 1 heterocycles. The van der Waals surface area contributed by atoms with Crippen molar-refractivity contribution in [3.63, 3.8) is 0 Å². The Morgan fingerprint density at radius 2 is 1.83 bits per heavy atom. The minimum atomic E-state index is 0.285. The quantitative estimate of drug-likeness (QED) is 0.726. The number of aromatic amines is 1. The molecule has 4 heteroatoms. The second kappa shape index (κ2) is 3.48. The summed E-state index contributed by atoms with van der Waals surface area (Å²) in [5, 5.41) is 0. The molecule has 0 unspecified atom stereocenters. The van der Waals surface area contributed by atoms with Gasteiger partial charge in [0.1, 0.15) is 0 Å². The number of benzene rings is 1. The third-order valence-corrected chi connectivity index (χ3v) is 5.67. The summed E-state index contributed by atoms with van der Waals surface area (Å²) in [6.07, 6.45) is 0. The molecule has 0 bridgehead atoms. The molecule has 0 spiro atoms. The second-order valence-electron chi connectivity index (χ2n) is 6.31. The lowest BCUT2D eigenvalue weighted by molar-refractivity contribution is 0.457. The van der Waals surface area contributed by atoms with Gasteiger partial charge in [0.2, 0.25) is 0 Å². The zero-order valence-electron chi connectivity index (χ0n) is 11.0. The van der Waals surface area contributed by atoms with Gasteiger partial charge < -0.3 is 9.55 Å². The van der Waals surface area contributed by atoms with E-state index in [0.717, 1.165) is 14.8 Å². The molecule has 1 aromatic carbocycles. The molecule has 1 saturated carbocycles. The molecular formula is C14H17BrN2S. The minimum Gasteiger partial charge on any atom is -0.331 e. The number of rotatable bonds is 1. The van der Waals surface area contributed by atoms with E-state index in [0.29, 0.717) is 6.04 Å². The molecule has 0 amide bonds. The highest BCUT2D eigenvalue weighted by atomic mass is 79.9. The first-order chi connectivity index (χ1) is 8.26. The van der Waals surface area contributed by atoms with Gasteiger partial charge in [-0.1, -0.05) is 43.6 Å². The average molecular weight is 325 g/mol. The molecule has 2 aromatic rings. The van der Waals surface area contributed by atoms with Crippen LogP contribution in [-0.4, -0.2) is 9.55 Å². The van der Waals surface area contributed by atoms with E-state index in [4.69, 9.17) is 12.2 Å². The number of H-pyrrole nitrogens is 1. The van der Waals surface area contributed by atoms with Crippen LogP contribution in [0.2, 0.25) is 0 Å². The van der Waals surface area contributed by atoms with Gasteiger partial charge in [0, 0.05) is 10.5 Å². The third kappa shape index (κ3) is 1.42. The number of nitrogens with zero attached hydrogens (tertiary/aromatic N) is 1. The van der Waals surface area contributed by atoms with E-state index in [1.54, 1.807) is 0 Å². The summed E-state index contributed by atoms with van der Waals surface area (Å²) in [4.78, 5) is 3.31. The van der Waals surface area contributed by atoms with Gasteiger partial charge in [0.05, 0.1) is 11.0 Å². The molecule has 1 aliphatic carbocycles. The number of hydrogen-bond donors (Lipinski definition) is 1. The average Bonchev–Trinajstić information content (AvgIpc) is 2.52. The van der Waals surface area contributed by atoms with Crippen LogP contribution in [-0.2, 0) is 0 Å². The Bertz CT molecular complexity index is 679. The largest absolute Gasteiger partial charge is 0.331 e. The number of aromatic nitrogens is 2. The molecule has 1 aliphatic rings. The summed E-state index contributed by atoms with van der Waals surface area (Å²) >= 11 is 9.01. The van der Waals surface area contributed by atoms with Gasteiger partial charge in [0.15, 0.2) is 4.77 Å². The van der Waals surface area contributed by atoms with E-state index in [2.05, 4.69) is 71.4 Å². The lowest BCUT2D eigenvalue weighted by Crippen LogP contribution is -2.00. The lowest BCUT2D eigenvalue weighted by atomic mass is 10.0. The van der Waals surface area contributed by atoms with E-state index in [1.807, 2.05) is 0 Å². The first kappa shape index (κ1) is 12.4. The summed E-state index contributed by atoms with van der Waals surface area (Å²) in [7, 11) is 0. The normalized spacial score (nSPS) is 21.4. The highest BCUT2D eigenvalue weighted by Crippen LogP contribution is 2.71. The number of hydrogen-bond acceptors (Lipinski definition) is 1. The maximum Gasteiger partial charge on any atom is 0.178 e. The molecule has 0 saturated heterocycles.